The molecule has 0 bridgehead atoms. The average Bonchev–Trinajstić information content (AvgIpc) is 2.61. The van der Waals surface area contributed by atoms with E-state index < -0.39 is 27.0 Å². The molecule has 7 heteroatoms. The minimum atomic E-state index is -3.34. The molecule has 144 valence electrons. The van der Waals surface area contributed by atoms with Crippen LogP contribution in [0.3, 0.4) is 0 Å². The smallest absolute Gasteiger partial charge is 0.310 e. The summed E-state index contributed by atoms with van der Waals surface area (Å²) < 4.78 is 24.2. The van der Waals surface area contributed by atoms with Crippen LogP contribution >= 0.6 is 0 Å². The molecule has 6 nitrogen and oxygen atoms in total. The zero-order valence-electron chi connectivity index (χ0n) is 15.5. The van der Waals surface area contributed by atoms with E-state index in [1.54, 1.807) is 57.2 Å². The summed E-state index contributed by atoms with van der Waals surface area (Å²) in [6, 6.07) is 13.0. The van der Waals surface area contributed by atoms with Crippen molar-refractivity contribution in [3.63, 3.8) is 0 Å². The fourth-order valence-electron chi connectivity index (χ4n) is 2.49. The molecule has 0 fully saturated rings. The zero-order valence-corrected chi connectivity index (χ0v) is 16.3. The number of anilines is 1. The third-order valence-corrected chi connectivity index (χ3v) is 6.45. The molecule has 0 spiro atoms. The Balaban J connectivity index is 2.06. The van der Waals surface area contributed by atoms with E-state index in [2.05, 4.69) is 5.32 Å². The van der Waals surface area contributed by atoms with Gasteiger partial charge in [-0.3, -0.25) is 9.59 Å². The lowest BCUT2D eigenvalue weighted by Gasteiger charge is -2.11. The molecule has 2 N–H and O–H groups in total. The van der Waals surface area contributed by atoms with Gasteiger partial charge in [0.1, 0.15) is 0 Å². The first kappa shape index (κ1) is 20.6. The molecule has 0 aliphatic heterocycles. The number of hydrogen-bond donors (Lipinski definition) is 2. The number of carbonyl (C=O) groups is 2. The molecule has 2 aromatic rings. The molecule has 0 heterocycles. The Morgan fingerprint density at radius 3 is 2.22 bits per heavy atom. The lowest BCUT2D eigenvalue weighted by atomic mass is 10.0. The van der Waals surface area contributed by atoms with E-state index in [4.69, 9.17) is 5.11 Å². The highest BCUT2D eigenvalue weighted by atomic mass is 32.2. The normalized spacial score (nSPS) is 12.6. The van der Waals surface area contributed by atoms with Crippen molar-refractivity contribution in [3.8, 4) is 0 Å². The van der Waals surface area contributed by atoms with E-state index >= 15 is 0 Å². The van der Waals surface area contributed by atoms with Crippen LogP contribution < -0.4 is 5.32 Å². The molecule has 1 amide bonds. The van der Waals surface area contributed by atoms with Gasteiger partial charge in [-0.2, -0.15) is 0 Å². The molecule has 0 unspecified atom stereocenters. The van der Waals surface area contributed by atoms with Crippen LogP contribution in [0.1, 0.15) is 37.8 Å². The third-order valence-electron chi connectivity index (χ3n) is 4.28. The Labute approximate surface area is 159 Å². The summed E-state index contributed by atoms with van der Waals surface area (Å²) in [5.41, 5.74) is 1.80. The fraction of sp³-hybridized carbons (Fsp3) is 0.300. The SMILES string of the molecule is CC(C)S(=O)(=O)c1ccc(CC(=O)Nc2cccc([C@H](C)C(=O)O)c2)cc1. The number of carboxylic acid groups (broad SMARTS) is 1. The van der Waals surface area contributed by atoms with Gasteiger partial charge in [0.15, 0.2) is 9.84 Å². The van der Waals surface area contributed by atoms with Crippen molar-refractivity contribution in [1.82, 2.24) is 0 Å². The van der Waals surface area contributed by atoms with Gasteiger partial charge in [0, 0.05) is 5.69 Å². The first-order chi connectivity index (χ1) is 12.6. The number of carbonyl (C=O) groups excluding carboxylic acids is 1. The fourth-order valence-corrected chi connectivity index (χ4v) is 3.55. The summed E-state index contributed by atoms with van der Waals surface area (Å²) in [6.45, 7) is 4.82. The molecule has 0 aliphatic carbocycles. The minimum Gasteiger partial charge on any atom is -0.481 e. The number of aliphatic carboxylic acids is 1. The van der Waals surface area contributed by atoms with Crippen LogP contribution in [0.15, 0.2) is 53.4 Å². The standard InChI is InChI=1S/C20H23NO5S/c1-13(2)27(25,26)18-9-7-15(8-10-18)11-19(22)21-17-6-4-5-16(12-17)14(3)20(23)24/h4-10,12-14H,11H2,1-3H3,(H,21,22)(H,23,24)/t14-/m0/s1. The second-order valence-electron chi connectivity index (χ2n) is 6.65. The number of benzene rings is 2. The van der Waals surface area contributed by atoms with Crippen molar-refractivity contribution in [2.24, 2.45) is 0 Å². The summed E-state index contributed by atoms with van der Waals surface area (Å²) >= 11 is 0. The van der Waals surface area contributed by atoms with Crippen molar-refractivity contribution in [1.29, 1.82) is 0 Å². The van der Waals surface area contributed by atoms with Gasteiger partial charge in [0.2, 0.25) is 5.91 Å². The van der Waals surface area contributed by atoms with Gasteiger partial charge in [0.05, 0.1) is 22.5 Å². The molecule has 0 aliphatic rings. The number of hydrogen-bond acceptors (Lipinski definition) is 4. The minimum absolute atomic E-state index is 0.0840. The van der Waals surface area contributed by atoms with E-state index in [-0.39, 0.29) is 17.2 Å². The third kappa shape index (κ3) is 5.17. The molecule has 0 radical (unpaired) electrons. The maximum atomic E-state index is 12.2. The van der Waals surface area contributed by atoms with Crippen LogP contribution in [0.5, 0.6) is 0 Å². The second-order valence-corrected chi connectivity index (χ2v) is 9.15. The summed E-state index contributed by atoms with van der Waals surface area (Å²) in [7, 11) is -3.34. The Morgan fingerprint density at radius 1 is 1.04 bits per heavy atom. The number of sulfone groups is 1. The van der Waals surface area contributed by atoms with Crippen molar-refractivity contribution < 1.29 is 23.1 Å². The maximum Gasteiger partial charge on any atom is 0.310 e. The Bertz CT molecular complexity index is 933. The zero-order chi connectivity index (χ0) is 20.2. The summed E-state index contributed by atoms with van der Waals surface area (Å²) in [5, 5.41) is 11.3. The van der Waals surface area contributed by atoms with Crippen molar-refractivity contribution in [2.75, 3.05) is 5.32 Å². The monoisotopic (exact) mass is 389 g/mol. The second kappa shape index (κ2) is 8.35. The molecule has 2 rings (SSSR count). The van der Waals surface area contributed by atoms with Crippen LogP contribution in [0.25, 0.3) is 0 Å². The van der Waals surface area contributed by atoms with Crippen LogP contribution in [0.4, 0.5) is 5.69 Å². The van der Waals surface area contributed by atoms with Crippen molar-refractivity contribution in [3.05, 3.63) is 59.7 Å². The van der Waals surface area contributed by atoms with Gasteiger partial charge in [-0.15, -0.1) is 0 Å². The topological polar surface area (TPSA) is 101 Å². The highest BCUT2D eigenvalue weighted by molar-refractivity contribution is 7.92. The first-order valence-corrected chi connectivity index (χ1v) is 10.1. The van der Waals surface area contributed by atoms with Gasteiger partial charge in [-0.1, -0.05) is 24.3 Å². The van der Waals surface area contributed by atoms with Gasteiger partial charge in [-0.05, 0) is 56.2 Å². The van der Waals surface area contributed by atoms with Crippen LogP contribution in [0.2, 0.25) is 0 Å². The van der Waals surface area contributed by atoms with Crippen molar-refractivity contribution in [2.45, 2.75) is 43.3 Å². The molecular formula is C20H23NO5S. The van der Waals surface area contributed by atoms with Crippen LogP contribution in [0, 0.1) is 0 Å². The summed E-state index contributed by atoms with van der Waals surface area (Å²) in [6.07, 6.45) is 0.0840. The average molecular weight is 389 g/mol. The molecule has 0 saturated carbocycles. The van der Waals surface area contributed by atoms with E-state index in [9.17, 15) is 18.0 Å². The van der Waals surface area contributed by atoms with E-state index in [1.165, 1.54) is 12.1 Å². The lowest BCUT2D eigenvalue weighted by molar-refractivity contribution is -0.138. The summed E-state index contributed by atoms with van der Waals surface area (Å²) in [4.78, 5) is 23.6. The van der Waals surface area contributed by atoms with Gasteiger partial charge < -0.3 is 10.4 Å². The van der Waals surface area contributed by atoms with Crippen LogP contribution in [-0.4, -0.2) is 30.7 Å². The first-order valence-electron chi connectivity index (χ1n) is 8.56. The van der Waals surface area contributed by atoms with E-state index in [0.29, 0.717) is 16.8 Å². The van der Waals surface area contributed by atoms with Gasteiger partial charge in [0.25, 0.3) is 0 Å². The Morgan fingerprint density at radius 2 is 1.67 bits per heavy atom. The molecular weight excluding hydrogens is 366 g/mol. The Kier molecular flexibility index (Phi) is 6.38. The predicted octanol–water partition coefficient (Wildman–Crippen LogP) is 3.24. The van der Waals surface area contributed by atoms with Crippen molar-refractivity contribution >= 4 is 27.4 Å². The Hall–Kier alpha value is -2.67. The highest BCUT2D eigenvalue weighted by Crippen LogP contribution is 2.20. The number of amides is 1. The number of nitrogens with one attached hydrogen (secondary N) is 1. The highest BCUT2D eigenvalue weighted by Gasteiger charge is 2.19. The van der Waals surface area contributed by atoms with E-state index in [1.807, 2.05) is 0 Å². The largest absolute Gasteiger partial charge is 0.481 e. The van der Waals surface area contributed by atoms with E-state index in [0.717, 1.165) is 0 Å². The lowest BCUT2D eigenvalue weighted by Crippen LogP contribution is -2.16. The number of rotatable bonds is 7. The maximum absolute atomic E-state index is 12.2. The molecule has 0 saturated heterocycles. The molecule has 1 atom stereocenters. The van der Waals surface area contributed by atoms with Gasteiger partial charge in [-0.25, -0.2) is 8.42 Å². The molecule has 27 heavy (non-hydrogen) atoms. The summed E-state index contributed by atoms with van der Waals surface area (Å²) in [5.74, 6) is -1.87. The predicted molar refractivity (Wildman–Crippen MR) is 104 cm³/mol. The quantitative estimate of drug-likeness (QED) is 0.757. The molecule has 2 aromatic carbocycles. The van der Waals surface area contributed by atoms with Gasteiger partial charge >= 0.3 is 5.97 Å². The number of carboxylic acids is 1. The van der Waals surface area contributed by atoms with Crippen LogP contribution in [-0.2, 0) is 25.8 Å². The molecule has 0 aromatic heterocycles.